The Balaban J connectivity index is 1.99. The Morgan fingerprint density at radius 2 is 1.83 bits per heavy atom. The van der Waals surface area contributed by atoms with E-state index in [1.807, 2.05) is 0 Å². The molecule has 0 heterocycles. The summed E-state index contributed by atoms with van der Waals surface area (Å²) in [5.41, 5.74) is 0.694. The predicted molar refractivity (Wildman–Crippen MR) is 98.4 cm³/mol. The van der Waals surface area contributed by atoms with Crippen molar-refractivity contribution in [2.45, 2.75) is 19.5 Å². The highest BCUT2D eigenvalue weighted by atomic mass is 19.4. The van der Waals surface area contributed by atoms with E-state index in [9.17, 15) is 32.9 Å². The van der Waals surface area contributed by atoms with Crippen molar-refractivity contribution in [2.75, 3.05) is 5.32 Å². The molecule has 0 saturated carbocycles. The van der Waals surface area contributed by atoms with Gasteiger partial charge in [-0.3, -0.25) is 19.7 Å². The van der Waals surface area contributed by atoms with Gasteiger partial charge in [0.2, 0.25) is 5.91 Å². The van der Waals surface area contributed by atoms with Crippen LogP contribution in [0.15, 0.2) is 53.6 Å². The minimum atomic E-state index is -4.54. The molecular weight excluding hydrogens is 393 g/mol. The largest absolute Gasteiger partial charge is 0.416 e. The number of carbonyl (C=O) groups excluding carboxylic acids is 2. The Morgan fingerprint density at radius 1 is 1.14 bits per heavy atom. The highest BCUT2D eigenvalue weighted by Gasteiger charge is 2.30. The molecule has 8 nitrogen and oxygen atoms in total. The third-order valence-electron chi connectivity index (χ3n) is 3.58. The summed E-state index contributed by atoms with van der Waals surface area (Å²) in [7, 11) is 0. The molecule has 152 valence electrons. The van der Waals surface area contributed by atoms with Crippen LogP contribution in [0.25, 0.3) is 0 Å². The number of amides is 2. The second-order valence-electron chi connectivity index (χ2n) is 5.87. The van der Waals surface area contributed by atoms with Gasteiger partial charge in [0.05, 0.1) is 16.9 Å². The molecule has 2 aromatic rings. The van der Waals surface area contributed by atoms with Gasteiger partial charge < -0.3 is 5.32 Å². The average molecular weight is 408 g/mol. The van der Waals surface area contributed by atoms with Crippen LogP contribution in [0.4, 0.5) is 24.5 Å². The number of hydrogen-bond acceptors (Lipinski definition) is 5. The number of alkyl halides is 3. The Kier molecular flexibility index (Phi) is 6.65. The summed E-state index contributed by atoms with van der Waals surface area (Å²) >= 11 is 0. The molecule has 0 aliphatic heterocycles. The van der Waals surface area contributed by atoms with Crippen molar-refractivity contribution in [3.63, 3.8) is 0 Å². The lowest BCUT2D eigenvalue weighted by Crippen LogP contribution is -2.22. The van der Waals surface area contributed by atoms with E-state index in [0.29, 0.717) is 0 Å². The number of para-hydroxylation sites is 1. The van der Waals surface area contributed by atoms with Crippen LogP contribution in [-0.2, 0) is 11.0 Å². The molecule has 0 saturated heterocycles. The van der Waals surface area contributed by atoms with Crippen LogP contribution in [-0.4, -0.2) is 22.4 Å². The Labute approximate surface area is 162 Å². The number of carbonyl (C=O) groups is 2. The van der Waals surface area contributed by atoms with Gasteiger partial charge in [-0.25, -0.2) is 5.43 Å². The highest BCUT2D eigenvalue weighted by Crippen LogP contribution is 2.30. The van der Waals surface area contributed by atoms with Crippen molar-refractivity contribution in [3.05, 3.63) is 69.8 Å². The predicted octanol–water partition coefficient (Wildman–Crippen LogP) is 3.75. The molecule has 0 radical (unpaired) electrons. The van der Waals surface area contributed by atoms with Crippen molar-refractivity contribution in [1.82, 2.24) is 5.43 Å². The summed E-state index contributed by atoms with van der Waals surface area (Å²) in [5.74, 6) is -1.49. The number of hydrazone groups is 1. The van der Waals surface area contributed by atoms with Crippen LogP contribution < -0.4 is 10.7 Å². The summed E-state index contributed by atoms with van der Waals surface area (Å²) < 4.78 is 38.1. The number of nitrogens with zero attached hydrogens (tertiary/aromatic N) is 2. The third-order valence-corrected chi connectivity index (χ3v) is 3.58. The Bertz CT molecular complexity index is 974. The van der Waals surface area contributed by atoms with Gasteiger partial charge in [-0.1, -0.05) is 18.2 Å². The fourth-order valence-corrected chi connectivity index (χ4v) is 2.28. The van der Waals surface area contributed by atoms with Gasteiger partial charge in [0.1, 0.15) is 5.56 Å². The minimum Gasteiger partial charge on any atom is -0.326 e. The molecule has 0 unspecified atom stereocenters. The molecule has 2 aromatic carbocycles. The number of hydrogen-bond donors (Lipinski definition) is 2. The molecule has 0 fully saturated rings. The molecule has 2 rings (SSSR count). The van der Waals surface area contributed by atoms with Gasteiger partial charge in [0.25, 0.3) is 11.6 Å². The number of halogens is 3. The first-order valence-corrected chi connectivity index (χ1v) is 8.12. The Morgan fingerprint density at radius 3 is 2.48 bits per heavy atom. The van der Waals surface area contributed by atoms with E-state index >= 15 is 0 Å². The number of rotatable bonds is 6. The van der Waals surface area contributed by atoms with Gasteiger partial charge in [-0.05, 0) is 31.2 Å². The fraction of sp³-hybridized carbons (Fsp3) is 0.167. The van der Waals surface area contributed by atoms with Crippen molar-refractivity contribution in [3.8, 4) is 0 Å². The second kappa shape index (κ2) is 8.95. The topological polar surface area (TPSA) is 114 Å². The zero-order valence-electron chi connectivity index (χ0n) is 15.0. The van der Waals surface area contributed by atoms with Crippen LogP contribution in [0, 0.1) is 10.1 Å². The molecule has 2 N–H and O–H groups in total. The summed E-state index contributed by atoms with van der Waals surface area (Å²) in [4.78, 5) is 34.2. The first-order chi connectivity index (χ1) is 13.6. The zero-order valence-corrected chi connectivity index (χ0v) is 15.0. The monoisotopic (exact) mass is 408 g/mol. The van der Waals surface area contributed by atoms with E-state index in [4.69, 9.17) is 0 Å². The number of nitrogens with one attached hydrogen (secondary N) is 2. The van der Waals surface area contributed by atoms with Gasteiger partial charge >= 0.3 is 6.18 Å². The lowest BCUT2D eigenvalue weighted by Gasteiger charge is -2.10. The van der Waals surface area contributed by atoms with Crippen LogP contribution in [0.3, 0.4) is 0 Å². The fourth-order valence-electron chi connectivity index (χ4n) is 2.28. The lowest BCUT2D eigenvalue weighted by molar-refractivity contribution is -0.385. The number of benzene rings is 2. The van der Waals surface area contributed by atoms with Gasteiger partial charge in [0.15, 0.2) is 0 Å². The maximum atomic E-state index is 12.7. The summed E-state index contributed by atoms with van der Waals surface area (Å²) in [6.45, 7) is 1.41. The highest BCUT2D eigenvalue weighted by molar-refractivity contribution is 6.06. The first kappa shape index (κ1) is 21.5. The van der Waals surface area contributed by atoms with Gasteiger partial charge in [0, 0.05) is 17.5 Å². The Hall–Kier alpha value is -3.76. The maximum Gasteiger partial charge on any atom is 0.416 e. The number of anilines is 1. The van der Waals surface area contributed by atoms with Crippen LogP contribution in [0.1, 0.15) is 29.3 Å². The minimum absolute atomic E-state index is 0.0402. The van der Waals surface area contributed by atoms with E-state index in [2.05, 4.69) is 15.8 Å². The second-order valence-corrected chi connectivity index (χ2v) is 5.87. The SMILES string of the molecule is C/C(CC(=O)Nc1cccc(C(F)(F)F)c1)=N/NC(=O)c1ccccc1[N+](=O)[O-]. The van der Waals surface area contributed by atoms with Crippen molar-refractivity contribution in [2.24, 2.45) is 5.10 Å². The maximum absolute atomic E-state index is 12.7. The normalized spacial score (nSPS) is 11.7. The van der Waals surface area contributed by atoms with E-state index in [-0.39, 0.29) is 23.4 Å². The molecule has 0 aliphatic carbocycles. The smallest absolute Gasteiger partial charge is 0.326 e. The van der Waals surface area contributed by atoms with Gasteiger partial charge in [-0.2, -0.15) is 18.3 Å². The van der Waals surface area contributed by atoms with Crippen molar-refractivity contribution < 1.29 is 27.7 Å². The quantitative estimate of drug-likeness (QED) is 0.430. The molecular formula is C18H15F3N4O4. The molecule has 0 aromatic heterocycles. The number of nitro benzene ring substituents is 1. The summed E-state index contributed by atoms with van der Waals surface area (Å²) in [5, 5.41) is 16.9. The molecule has 0 aliphatic rings. The standard InChI is InChI=1S/C18H15F3N4O4/c1-11(23-24-17(27)14-7-2-3-8-15(14)25(28)29)9-16(26)22-13-6-4-5-12(10-13)18(19,20)21/h2-8,10H,9H2,1H3,(H,22,26)(H,24,27)/b23-11-. The van der Waals surface area contributed by atoms with E-state index in [0.717, 1.165) is 24.3 Å². The zero-order chi connectivity index (χ0) is 21.6. The van der Waals surface area contributed by atoms with E-state index < -0.39 is 34.2 Å². The van der Waals surface area contributed by atoms with Crippen LogP contribution in [0.2, 0.25) is 0 Å². The average Bonchev–Trinajstić information content (AvgIpc) is 2.65. The molecule has 0 spiro atoms. The molecule has 11 heteroatoms. The first-order valence-electron chi connectivity index (χ1n) is 8.12. The summed E-state index contributed by atoms with van der Waals surface area (Å²) in [6.07, 6.45) is -4.85. The van der Waals surface area contributed by atoms with Crippen molar-refractivity contribution in [1.29, 1.82) is 0 Å². The van der Waals surface area contributed by atoms with Gasteiger partial charge in [-0.15, -0.1) is 0 Å². The van der Waals surface area contributed by atoms with E-state index in [1.54, 1.807) is 0 Å². The van der Waals surface area contributed by atoms with Crippen molar-refractivity contribution >= 4 is 28.9 Å². The molecule has 0 atom stereocenters. The molecule has 29 heavy (non-hydrogen) atoms. The van der Waals surface area contributed by atoms with Crippen LogP contribution >= 0.6 is 0 Å². The van der Waals surface area contributed by atoms with Crippen LogP contribution in [0.5, 0.6) is 0 Å². The molecule has 0 bridgehead atoms. The summed E-state index contributed by atoms with van der Waals surface area (Å²) in [6, 6.07) is 9.39. The van der Waals surface area contributed by atoms with E-state index in [1.165, 1.54) is 31.2 Å². The number of nitro groups is 1. The lowest BCUT2D eigenvalue weighted by atomic mass is 10.2. The third kappa shape index (κ3) is 6.13. The molecule has 2 amide bonds.